The number of rotatable bonds is 4. The molecule has 108 valence electrons. The number of ether oxygens (including phenoxy) is 2. The summed E-state index contributed by atoms with van der Waals surface area (Å²) in [4.78, 5) is 14.7. The highest BCUT2D eigenvalue weighted by atomic mass is 16.7. The zero-order valence-corrected chi connectivity index (χ0v) is 11.9. The second-order valence-corrected chi connectivity index (χ2v) is 5.64. The molecule has 0 spiro atoms. The van der Waals surface area contributed by atoms with Gasteiger partial charge in [-0.25, -0.2) is 0 Å². The van der Waals surface area contributed by atoms with Gasteiger partial charge in [-0.15, -0.1) is 0 Å². The molecule has 0 aromatic heterocycles. The third kappa shape index (κ3) is 2.80. The minimum Gasteiger partial charge on any atom is -0.454 e. The van der Waals surface area contributed by atoms with E-state index < -0.39 is 0 Å². The molecule has 1 aromatic rings. The highest BCUT2D eigenvalue weighted by Crippen LogP contribution is 2.32. The summed E-state index contributed by atoms with van der Waals surface area (Å²) in [5.74, 6) is 2.32. The van der Waals surface area contributed by atoms with E-state index in [9.17, 15) is 4.79 Å². The lowest BCUT2D eigenvalue weighted by Gasteiger charge is -2.31. The van der Waals surface area contributed by atoms with Crippen LogP contribution in [0.5, 0.6) is 11.5 Å². The molecule has 4 nitrogen and oxygen atoms in total. The molecule has 2 heterocycles. The SMILES string of the molecule is CCC1CCCN(CC(=O)c2ccc3c(c2)OCO3)C1. The predicted octanol–water partition coefficient (Wildman–Crippen LogP) is 2.72. The van der Waals surface area contributed by atoms with Crippen molar-refractivity contribution in [1.29, 1.82) is 0 Å². The van der Waals surface area contributed by atoms with Crippen LogP contribution in [0, 0.1) is 5.92 Å². The lowest BCUT2D eigenvalue weighted by molar-refractivity contribution is 0.0884. The fourth-order valence-corrected chi connectivity index (χ4v) is 2.99. The summed E-state index contributed by atoms with van der Waals surface area (Å²) >= 11 is 0. The number of ketones is 1. The monoisotopic (exact) mass is 275 g/mol. The average molecular weight is 275 g/mol. The number of likely N-dealkylation sites (tertiary alicyclic amines) is 1. The van der Waals surface area contributed by atoms with Crippen LogP contribution in [-0.2, 0) is 0 Å². The van der Waals surface area contributed by atoms with Crippen molar-refractivity contribution in [1.82, 2.24) is 4.90 Å². The van der Waals surface area contributed by atoms with E-state index in [2.05, 4.69) is 11.8 Å². The Morgan fingerprint density at radius 3 is 3.05 bits per heavy atom. The summed E-state index contributed by atoms with van der Waals surface area (Å²) in [5.41, 5.74) is 0.716. The molecular weight excluding hydrogens is 254 g/mol. The Kier molecular flexibility index (Phi) is 3.92. The van der Waals surface area contributed by atoms with Crippen LogP contribution < -0.4 is 9.47 Å². The van der Waals surface area contributed by atoms with Gasteiger partial charge in [-0.3, -0.25) is 9.69 Å². The van der Waals surface area contributed by atoms with Gasteiger partial charge in [0.25, 0.3) is 0 Å². The molecule has 1 atom stereocenters. The maximum absolute atomic E-state index is 12.4. The van der Waals surface area contributed by atoms with Crippen LogP contribution in [0.15, 0.2) is 18.2 Å². The van der Waals surface area contributed by atoms with E-state index in [0.29, 0.717) is 17.9 Å². The van der Waals surface area contributed by atoms with Gasteiger partial charge in [-0.1, -0.05) is 13.3 Å². The Bertz CT molecular complexity index is 500. The molecule has 20 heavy (non-hydrogen) atoms. The van der Waals surface area contributed by atoms with Gasteiger partial charge in [0.1, 0.15) is 0 Å². The first kappa shape index (κ1) is 13.4. The summed E-state index contributed by atoms with van der Waals surface area (Å²) in [6, 6.07) is 5.45. The molecule has 4 heteroatoms. The van der Waals surface area contributed by atoms with Gasteiger partial charge in [0.2, 0.25) is 6.79 Å². The first-order chi connectivity index (χ1) is 9.76. The Balaban J connectivity index is 1.64. The van der Waals surface area contributed by atoms with E-state index in [1.807, 2.05) is 12.1 Å². The van der Waals surface area contributed by atoms with Gasteiger partial charge in [-0.05, 0) is 43.5 Å². The summed E-state index contributed by atoms with van der Waals surface area (Å²) in [7, 11) is 0. The van der Waals surface area contributed by atoms with Gasteiger partial charge in [0, 0.05) is 12.1 Å². The van der Waals surface area contributed by atoms with Crippen LogP contribution in [-0.4, -0.2) is 37.1 Å². The van der Waals surface area contributed by atoms with Crippen molar-refractivity contribution < 1.29 is 14.3 Å². The van der Waals surface area contributed by atoms with E-state index >= 15 is 0 Å². The van der Waals surface area contributed by atoms with E-state index in [1.165, 1.54) is 19.3 Å². The van der Waals surface area contributed by atoms with E-state index in [-0.39, 0.29) is 12.6 Å². The minimum absolute atomic E-state index is 0.167. The normalized spacial score (nSPS) is 21.9. The molecule has 2 aliphatic heterocycles. The van der Waals surface area contributed by atoms with Crippen LogP contribution in [0.4, 0.5) is 0 Å². The van der Waals surface area contributed by atoms with Crippen LogP contribution in [0.25, 0.3) is 0 Å². The zero-order valence-electron chi connectivity index (χ0n) is 11.9. The Hall–Kier alpha value is -1.55. The number of carbonyl (C=O) groups is 1. The molecule has 1 fully saturated rings. The van der Waals surface area contributed by atoms with Gasteiger partial charge in [0.15, 0.2) is 17.3 Å². The van der Waals surface area contributed by atoms with Crippen molar-refractivity contribution in [2.75, 3.05) is 26.4 Å². The number of hydrogen-bond donors (Lipinski definition) is 0. The van der Waals surface area contributed by atoms with Crippen LogP contribution in [0.3, 0.4) is 0 Å². The van der Waals surface area contributed by atoms with Crippen molar-refractivity contribution in [2.24, 2.45) is 5.92 Å². The van der Waals surface area contributed by atoms with Crippen molar-refractivity contribution in [3.05, 3.63) is 23.8 Å². The maximum atomic E-state index is 12.4. The maximum Gasteiger partial charge on any atom is 0.231 e. The molecule has 0 bridgehead atoms. The standard InChI is InChI=1S/C16H21NO3/c1-2-12-4-3-7-17(9-12)10-14(18)13-5-6-15-16(8-13)20-11-19-15/h5-6,8,12H,2-4,7,9-11H2,1H3. The van der Waals surface area contributed by atoms with Crippen molar-refractivity contribution in [3.8, 4) is 11.5 Å². The fraction of sp³-hybridized carbons (Fsp3) is 0.562. The van der Waals surface area contributed by atoms with Gasteiger partial charge in [-0.2, -0.15) is 0 Å². The highest BCUT2D eigenvalue weighted by molar-refractivity contribution is 5.98. The number of piperidine rings is 1. The average Bonchev–Trinajstić information content (AvgIpc) is 2.94. The summed E-state index contributed by atoms with van der Waals surface area (Å²) in [6.45, 7) is 5.07. The summed E-state index contributed by atoms with van der Waals surface area (Å²) < 4.78 is 10.6. The summed E-state index contributed by atoms with van der Waals surface area (Å²) in [6.07, 6.45) is 3.70. The van der Waals surface area contributed by atoms with Crippen LogP contribution in [0.1, 0.15) is 36.5 Å². The Morgan fingerprint density at radius 2 is 2.20 bits per heavy atom. The Morgan fingerprint density at radius 1 is 1.35 bits per heavy atom. The Labute approximate surface area is 119 Å². The van der Waals surface area contributed by atoms with Crippen molar-refractivity contribution >= 4 is 5.78 Å². The second kappa shape index (κ2) is 5.83. The van der Waals surface area contributed by atoms with E-state index in [1.54, 1.807) is 6.07 Å². The van der Waals surface area contributed by atoms with Crippen molar-refractivity contribution in [2.45, 2.75) is 26.2 Å². The molecule has 0 saturated carbocycles. The second-order valence-electron chi connectivity index (χ2n) is 5.64. The van der Waals surface area contributed by atoms with E-state index in [4.69, 9.17) is 9.47 Å². The fourth-order valence-electron chi connectivity index (χ4n) is 2.99. The van der Waals surface area contributed by atoms with Gasteiger partial charge in [0.05, 0.1) is 6.54 Å². The molecule has 1 aromatic carbocycles. The van der Waals surface area contributed by atoms with Crippen LogP contribution in [0.2, 0.25) is 0 Å². The predicted molar refractivity (Wildman–Crippen MR) is 76.4 cm³/mol. The van der Waals surface area contributed by atoms with E-state index in [0.717, 1.165) is 24.8 Å². The third-order valence-electron chi connectivity index (χ3n) is 4.24. The zero-order chi connectivity index (χ0) is 13.9. The van der Waals surface area contributed by atoms with Crippen molar-refractivity contribution in [3.63, 3.8) is 0 Å². The molecule has 1 saturated heterocycles. The molecule has 1 unspecified atom stereocenters. The topological polar surface area (TPSA) is 38.8 Å². The quantitative estimate of drug-likeness (QED) is 0.792. The first-order valence-corrected chi connectivity index (χ1v) is 7.41. The lowest BCUT2D eigenvalue weighted by atomic mass is 9.95. The molecule has 0 N–H and O–H groups in total. The number of hydrogen-bond acceptors (Lipinski definition) is 4. The number of nitrogens with zero attached hydrogens (tertiary/aromatic N) is 1. The molecular formula is C16H21NO3. The smallest absolute Gasteiger partial charge is 0.231 e. The molecule has 0 radical (unpaired) electrons. The largest absolute Gasteiger partial charge is 0.454 e. The molecule has 2 aliphatic rings. The van der Waals surface area contributed by atoms with Gasteiger partial charge < -0.3 is 9.47 Å². The number of benzene rings is 1. The summed E-state index contributed by atoms with van der Waals surface area (Å²) in [5, 5.41) is 0. The number of Topliss-reactive ketones (excluding diaryl/α,β-unsaturated/α-hetero) is 1. The third-order valence-corrected chi connectivity index (χ3v) is 4.24. The first-order valence-electron chi connectivity index (χ1n) is 7.41. The molecule has 0 amide bonds. The molecule has 3 rings (SSSR count). The lowest BCUT2D eigenvalue weighted by Crippen LogP contribution is -2.38. The van der Waals surface area contributed by atoms with Gasteiger partial charge >= 0.3 is 0 Å². The highest BCUT2D eigenvalue weighted by Gasteiger charge is 2.22. The van der Waals surface area contributed by atoms with Crippen LogP contribution >= 0.6 is 0 Å². The minimum atomic E-state index is 0.167. The number of carbonyl (C=O) groups excluding carboxylic acids is 1. The number of fused-ring (bicyclic) bond motifs is 1. The molecule has 0 aliphatic carbocycles.